The van der Waals surface area contributed by atoms with E-state index in [1.54, 1.807) is 0 Å². The maximum Gasteiger partial charge on any atom is 0.0287 e. The van der Waals surface area contributed by atoms with Gasteiger partial charge in [0.2, 0.25) is 0 Å². The SMILES string of the molecule is CC1(C#CCCCc2ccccc2)CC1. The van der Waals surface area contributed by atoms with Crippen molar-refractivity contribution in [3.8, 4) is 11.8 Å². The van der Waals surface area contributed by atoms with Crippen LogP contribution in [0.15, 0.2) is 30.3 Å². The van der Waals surface area contributed by atoms with Gasteiger partial charge in [-0.3, -0.25) is 0 Å². The largest absolute Gasteiger partial charge is 0.103 e. The van der Waals surface area contributed by atoms with E-state index in [4.69, 9.17) is 0 Å². The van der Waals surface area contributed by atoms with Crippen LogP contribution in [0.5, 0.6) is 0 Å². The van der Waals surface area contributed by atoms with Crippen molar-refractivity contribution in [2.45, 2.75) is 39.0 Å². The Bertz CT molecular complexity index is 360. The first kappa shape index (κ1) is 10.3. The second-order valence-corrected chi connectivity index (χ2v) is 4.70. The van der Waals surface area contributed by atoms with E-state index in [-0.39, 0.29) is 0 Å². The summed E-state index contributed by atoms with van der Waals surface area (Å²) < 4.78 is 0. The minimum Gasteiger partial charge on any atom is -0.103 e. The van der Waals surface area contributed by atoms with Gasteiger partial charge in [0, 0.05) is 11.8 Å². The van der Waals surface area contributed by atoms with Gasteiger partial charge in [-0.2, -0.15) is 0 Å². The van der Waals surface area contributed by atoms with Crippen LogP contribution in [-0.4, -0.2) is 0 Å². The number of benzene rings is 1. The number of aryl methyl sites for hydroxylation is 1. The molecule has 2 rings (SSSR count). The number of rotatable bonds is 3. The fraction of sp³-hybridized carbons (Fsp3) is 0.467. The highest BCUT2D eigenvalue weighted by Crippen LogP contribution is 2.44. The molecule has 0 radical (unpaired) electrons. The Morgan fingerprint density at radius 1 is 1.20 bits per heavy atom. The molecule has 0 heterocycles. The number of hydrogen-bond acceptors (Lipinski definition) is 0. The van der Waals surface area contributed by atoms with Gasteiger partial charge in [0.1, 0.15) is 0 Å². The Labute approximate surface area is 92.7 Å². The van der Waals surface area contributed by atoms with E-state index in [0.29, 0.717) is 5.41 Å². The lowest BCUT2D eigenvalue weighted by Gasteiger charge is -1.97. The molecule has 0 spiro atoms. The third-order valence-corrected chi connectivity index (χ3v) is 3.00. The molecule has 1 aromatic carbocycles. The summed E-state index contributed by atoms with van der Waals surface area (Å²) in [5.74, 6) is 6.68. The van der Waals surface area contributed by atoms with Gasteiger partial charge in [0.15, 0.2) is 0 Å². The lowest BCUT2D eigenvalue weighted by atomic mass is 10.1. The Morgan fingerprint density at radius 3 is 2.60 bits per heavy atom. The van der Waals surface area contributed by atoms with Crippen molar-refractivity contribution in [1.82, 2.24) is 0 Å². The summed E-state index contributed by atoms with van der Waals surface area (Å²) in [5.41, 5.74) is 1.82. The van der Waals surface area contributed by atoms with Gasteiger partial charge >= 0.3 is 0 Å². The van der Waals surface area contributed by atoms with Crippen molar-refractivity contribution in [1.29, 1.82) is 0 Å². The van der Waals surface area contributed by atoms with Crippen LogP contribution in [0.25, 0.3) is 0 Å². The molecular weight excluding hydrogens is 180 g/mol. The number of hydrogen-bond donors (Lipinski definition) is 0. The molecule has 1 aromatic rings. The second kappa shape index (κ2) is 4.53. The summed E-state index contributed by atoms with van der Waals surface area (Å²) in [7, 11) is 0. The Morgan fingerprint density at radius 2 is 1.93 bits per heavy atom. The molecule has 1 aliphatic carbocycles. The topological polar surface area (TPSA) is 0 Å². The van der Waals surface area contributed by atoms with E-state index in [1.165, 1.54) is 24.8 Å². The zero-order chi connectivity index (χ0) is 10.6. The molecule has 0 unspecified atom stereocenters. The highest BCUT2D eigenvalue weighted by molar-refractivity contribution is 5.18. The van der Waals surface area contributed by atoms with Gasteiger partial charge in [0.05, 0.1) is 0 Å². The highest BCUT2D eigenvalue weighted by atomic mass is 14.4. The Kier molecular flexibility index (Phi) is 3.11. The third kappa shape index (κ3) is 3.44. The van der Waals surface area contributed by atoms with Crippen LogP contribution in [0, 0.1) is 17.3 Å². The van der Waals surface area contributed by atoms with Crippen LogP contribution in [-0.2, 0) is 6.42 Å². The molecule has 1 saturated carbocycles. The van der Waals surface area contributed by atoms with Crippen molar-refractivity contribution >= 4 is 0 Å². The fourth-order valence-electron chi connectivity index (χ4n) is 1.61. The van der Waals surface area contributed by atoms with Crippen LogP contribution < -0.4 is 0 Å². The summed E-state index contributed by atoms with van der Waals surface area (Å²) in [6.07, 6.45) is 6.00. The van der Waals surface area contributed by atoms with Gasteiger partial charge < -0.3 is 0 Å². The predicted octanol–water partition coefficient (Wildman–Crippen LogP) is 3.81. The molecule has 78 valence electrons. The molecule has 1 fully saturated rings. The fourth-order valence-corrected chi connectivity index (χ4v) is 1.61. The van der Waals surface area contributed by atoms with Gasteiger partial charge in [-0.05, 0) is 38.2 Å². The smallest absolute Gasteiger partial charge is 0.0287 e. The monoisotopic (exact) mass is 198 g/mol. The molecule has 0 saturated heterocycles. The van der Waals surface area contributed by atoms with Crippen LogP contribution in [0.2, 0.25) is 0 Å². The van der Waals surface area contributed by atoms with Gasteiger partial charge in [0.25, 0.3) is 0 Å². The molecule has 0 bridgehead atoms. The summed E-state index contributed by atoms with van der Waals surface area (Å²) in [4.78, 5) is 0. The van der Waals surface area contributed by atoms with E-state index in [9.17, 15) is 0 Å². The molecular formula is C15H18. The quantitative estimate of drug-likeness (QED) is 0.511. The van der Waals surface area contributed by atoms with Crippen molar-refractivity contribution in [2.75, 3.05) is 0 Å². The highest BCUT2D eigenvalue weighted by Gasteiger charge is 2.34. The van der Waals surface area contributed by atoms with Crippen molar-refractivity contribution in [2.24, 2.45) is 5.41 Å². The number of unbranched alkanes of at least 4 members (excludes halogenated alkanes) is 1. The van der Waals surface area contributed by atoms with Crippen molar-refractivity contribution in [3.05, 3.63) is 35.9 Å². The summed E-state index contributed by atoms with van der Waals surface area (Å²) in [6.45, 7) is 2.26. The maximum absolute atomic E-state index is 3.37. The Balaban J connectivity index is 1.69. The average Bonchev–Trinajstić information content (AvgIpc) is 2.98. The zero-order valence-electron chi connectivity index (χ0n) is 9.42. The van der Waals surface area contributed by atoms with E-state index >= 15 is 0 Å². The first-order valence-electron chi connectivity index (χ1n) is 5.82. The molecule has 0 nitrogen and oxygen atoms in total. The van der Waals surface area contributed by atoms with E-state index in [0.717, 1.165) is 12.8 Å². The molecule has 0 aromatic heterocycles. The zero-order valence-corrected chi connectivity index (χ0v) is 9.42. The van der Waals surface area contributed by atoms with Crippen molar-refractivity contribution in [3.63, 3.8) is 0 Å². The predicted molar refractivity (Wildman–Crippen MR) is 64.5 cm³/mol. The lowest BCUT2D eigenvalue weighted by molar-refractivity contribution is 0.777. The van der Waals surface area contributed by atoms with Crippen LogP contribution in [0.3, 0.4) is 0 Å². The molecule has 1 aliphatic rings. The van der Waals surface area contributed by atoms with E-state index < -0.39 is 0 Å². The molecule has 0 atom stereocenters. The molecule has 15 heavy (non-hydrogen) atoms. The second-order valence-electron chi connectivity index (χ2n) is 4.70. The van der Waals surface area contributed by atoms with Crippen LogP contribution in [0.1, 0.15) is 38.2 Å². The van der Waals surface area contributed by atoms with E-state index in [2.05, 4.69) is 49.1 Å². The minimum absolute atomic E-state index is 0.396. The standard InChI is InChI=1S/C15H18/c1-15(12-13-15)11-7-3-6-10-14-8-4-2-5-9-14/h2,4-5,8-9H,3,6,10,12-13H2,1H3. The summed E-state index contributed by atoms with van der Waals surface area (Å²) in [6, 6.07) is 10.7. The maximum atomic E-state index is 3.37. The van der Waals surface area contributed by atoms with Crippen LogP contribution in [0.4, 0.5) is 0 Å². The summed E-state index contributed by atoms with van der Waals surface area (Å²) >= 11 is 0. The first-order chi connectivity index (χ1) is 7.29. The molecule has 0 amide bonds. The average molecular weight is 198 g/mol. The minimum atomic E-state index is 0.396. The van der Waals surface area contributed by atoms with Gasteiger partial charge in [-0.1, -0.05) is 36.3 Å². The van der Waals surface area contributed by atoms with Gasteiger partial charge in [-0.15, -0.1) is 5.92 Å². The molecule has 0 heteroatoms. The normalized spacial score (nSPS) is 16.6. The summed E-state index contributed by atoms with van der Waals surface area (Å²) in [5, 5.41) is 0. The Hall–Kier alpha value is -1.22. The first-order valence-corrected chi connectivity index (χ1v) is 5.82. The van der Waals surface area contributed by atoms with Crippen LogP contribution >= 0.6 is 0 Å². The molecule has 0 N–H and O–H groups in total. The van der Waals surface area contributed by atoms with E-state index in [1.807, 2.05) is 0 Å². The van der Waals surface area contributed by atoms with Crippen molar-refractivity contribution < 1.29 is 0 Å². The lowest BCUT2D eigenvalue weighted by Crippen LogP contribution is -1.86. The molecule has 0 aliphatic heterocycles. The van der Waals surface area contributed by atoms with Gasteiger partial charge in [-0.25, -0.2) is 0 Å². The third-order valence-electron chi connectivity index (χ3n) is 3.00.